The molecule has 0 aliphatic carbocycles. The molecule has 1 unspecified atom stereocenters. The fourth-order valence-electron chi connectivity index (χ4n) is 4.01. The second-order valence-corrected chi connectivity index (χ2v) is 10.3. The number of halogens is 1. The van der Waals surface area contributed by atoms with Crippen LogP contribution < -0.4 is 10.1 Å². The molecule has 4 aromatic carbocycles. The maximum atomic E-state index is 13.6. The largest absolute Gasteiger partial charge is 0.489 e. The summed E-state index contributed by atoms with van der Waals surface area (Å²) in [4.78, 5) is 0.280. The van der Waals surface area contributed by atoms with Crippen LogP contribution in [0.4, 0.5) is 5.69 Å². The average molecular weight is 491 g/mol. The van der Waals surface area contributed by atoms with Crippen LogP contribution in [0.25, 0.3) is 0 Å². The first-order valence-electron chi connectivity index (χ1n) is 10.9. The molecule has 0 radical (unpaired) electrons. The van der Waals surface area contributed by atoms with Crippen molar-refractivity contribution < 1.29 is 13.2 Å². The molecule has 5 rings (SSSR count). The minimum atomic E-state index is -3.71. The molecule has 0 spiro atoms. The van der Waals surface area contributed by atoms with Gasteiger partial charge in [-0.2, -0.15) is 4.31 Å². The Kier molecular flexibility index (Phi) is 6.28. The Labute approximate surface area is 204 Å². The van der Waals surface area contributed by atoms with Crippen molar-refractivity contribution in [3.05, 3.63) is 125 Å². The van der Waals surface area contributed by atoms with Gasteiger partial charge in [0.25, 0.3) is 0 Å². The van der Waals surface area contributed by atoms with Crippen molar-refractivity contribution in [2.75, 3.05) is 5.32 Å². The molecule has 0 fully saturated rings. The van der Waals surface area contributed by atoms with Crippen LogP contribution in [-0.2, 0) is 23.2 Å². The fraction of sp³-hybridized carbons (Fsp3) is 0.111. The van der Waals surface area contributed by atoms with Gasteiger partial charge in [-0.1, -0.05) is 84.4 Å². The molecule has 34 heavy (non-hydrogen) atoms. The van der Waals surface area contributed by atoms with E-state index in [-0.39, 0.29) is 11.4 Å². The Morgan fingerprint density at radius 2 is 1.50 bits per heavy atom. The van der Waals surface area contributed by atoms with Gasteiger partial charge in [-0.25, -0.2) is 8.42 Å². The normalized spacial score (nSPS) is 16.9. The van der Waals surface area contributed by atoms with Crippen molar-refractivity contribution in [2.24, 2.45) is 0 Å². The number of hydrogen-bond donors (Lipinski definition) is 1. The summed E-state index contributed by atoms with van der Waals surface area (Å²) in [6.45, 7) is 0.600. The zero-order valence-corrected chi connectivity index (χ0v) is 19.8. The average Bonchev–Trinajstić information content (AvgIpc) is 2.86. The Bertz CT molecular complexity index is 1390. The molecule has 1 aliphatic rings. The molecule has 4 aromatic rings. The van der Waals surface area contributed by atoms with E-state index in [4.69, 9.17) is 16.3 Å². The monoisotopic (exact) mass is 490 g/mol. The van der Waals surface area contributed by atoms with E-state index in [1.165, 1.54) is 4.31 Å². The van der Waals surface area contributed by atoms with Crippen molar-refractivity contribution in [1.29, 1.82) is 0 Å². The van der Waals surface area contributed by atoms with Crippen molar-refractivity contribution in [3.8, 4) is 5.75 Å². The molecule has 5 nitrogen and oxygen atoms in total. The molecule has 1 heterocycles. The zero-order valence-electron chi connectivity index (χ0n) is 18.3. The minimum absolute atomic E-state index is 0.250. The summed E-state index contributed by atoms with van der Waals surface area (Å²) in [6.07, 6.45) is -0.558. The van der Waals surface area contributed by atoms with Gasteiger partial charge in [-0.3, -0.25) is 0 Å². The molecular weight excluding hydrogens is 468 g/mol. The number of ether oxygens (including phenoxy) is 1. The topological polar surface area (TPSA) is 58.6 Å². The SMILES string of the molecule is O=S1(=O)c2ccccc2NC(c2ccc(OCc3ccccc3Cl)cc2)N1Cc1ccccc1. The predicted octanol–water partition coefficient (Wildman–Crippen LogP) is 6.23. The number of nitrogens with one attached hydrogen (secondary N) is 1. The molecule has 0 aromatic heterocycles. The summed E-state index contributed by atoms with van der Waals surface area (Å²) < 4.78 is 34.6. The number of para-hydroxylation sites is 1. The molecule has 0 bridgehead atoms. The molecule has 0 saturated heterocycles. The highest BCUT2D eigenvalue weighted by atomic mass is 35.5. The Balaban J connectivity index is 1.44. The zero-order chi connectivity index (χ0) is 23.5. The Morgan fingerprint density at radius 1 is 0.824 bits per heavy atom. The first-order chi connectivity index (χ1) is 16.5. The van der Waals surface area contributed by atoms with E-state index in [1.54, 1.807) is 18.2 Å². The number of benzene rings is 4. The lowest BCUT2D eigenvalue weighted by atomic mass is 10.1. The molecular formula is C27H23ClN2O3S. The number of hydrogen-bond acceptors (Lipinski definition) is 4. The summed E-state index contributed by atoms with van der Waals surface area (Å²) in [6, 6.07) is 31.6. The van der Waals surface area contributed by atoms with E-state index in [0.717, 1.165) is 16.7 Å². The van der Waals surface area contributed by atoms with E-state index in [0.29, 0.717) is 23.1 Å². The second kappa shape index (κ2) is 9.50. The van der Waals surface area contributed by atoms with Gasteiger partial charge in [0.1, 0.15) is 23.4 Å². The van der Waals surface area contributed by atoms with Crippen LogP contribution in [0.15, 0.2) is 108 Å². The molecule has 1 N–H and O–H groups in total. The third kappa shape index (κ3) is 4.53. The Morgan fingerprint density at radius 3 is 2.26 bits per heavy atom. The fourth-order valence-corrected chi connectivity index (χ4v) is 5.88. The minimum Gasteiger partial charge on any atom is -0.489 e. The third-order valence-electron chi connectivity index (χ3n) is 5.78. The number of anilines is 1. The maximum Gasteiger partial charge on any atom is 0.247 e. The van der Waals surface area contributed by atoms with Gasteiger partial charge in [0.15, 0.2) is 0 Å². The first kappa shape index (κ1) is 22.5. The van der Waals surface area contributed by atoms with Gasteiger partial charge < -0.3 is 10.1 Å². The van der Waals surface area contributed by atoms with Gasteiger partial charge in [0.05, 0.1) is 5.69 Å². The highest BCUT2D eigenvalue weighted by Gasteiger charge is 2.38. The smallest absolute Gasteiger partial charge is 0.247 e. The third-order valence-corrected chi connectivity index (χ3v) is 8.02. The van der Waals surface area contributed by atoms with E-state index in [9.17, 15) is 8.42 Å². The highest BCUT2D eigenvalue weighted by molar-refractivity contribution is 7.89. The van der Waals surface area contributed by atoms with Crippen molar-refractivity contribution in [3.63, 3.8) is 0 Å². The van der Waals surface area contributed by atoms with E-state index < -0.39 is 16.2 Å². The number of sulfonamides is 1. The number of nitrogens with zero attached hydrogens (tertiary/aromatic N) is 1. The summed E-state index contributed by atoms with van der Waals surface area (Å²) >= 11 is 6.22. The summed E-state index contributed by atoms with van der Waals surface area (Å²) in [5, 5.41) is 4.07. The van der Waals surface area contributed by atoms with Crippen molar-refractivity contribution in [2.45, 2.75) is 24.2 Å². The van der Waals surface area contributed by atoms with Crippen molar-refractivity contribution in [1.82, 2.24) is 4.31 Å². The van der Waals surface area contributed by atoms with Crippen molar-refractivity contribution >= 4 is 27.3 Å². The van der Waals surface area contributed by atoms with Crippen LogP contribution in [0.2, 0.25) is 5.02 Å². The molecule has 0 amide bonds. The van der Waals surface area contributed by atoms with Crippen LogP contribution in [0.5, 0.6) is 5.75 Å². The number of fused-ring (bicyclic) bond motifs is 1. The van der Waals surface area contributed by atoms with Crippen LogP contribution in [0.1, 0.15) is 22.9 Å². The maximum absolute atomic E-state index is 13.6. The van der Waals surface area contributed by atoms with Crippen LogP contribution in [-0.4, -0.2) is 12.7 Å². The van der Waals surface area contributed by atoms with E-state index >= 15 is 0 Å². The van der Waals surface area contributed by atoms with Gasteiger partial charge in [0.2, 0.25) is 10.0 Å². The predicted molar refractivity (Wildman–Crippen MR) is 134 cm³/mol. The standard InChI is InChI=1S/C27H23ClN2O3S/c28-24-11-5-4-10-22(24)19-33-23-16-14-21(15-17-23)27-29-25-12-6-7-13-26(25)34(31,32)30(27)18-20-8-2-1-3-9-20/h1-17,27,29H,18-19H2. The summed E-state index contributed by atoms with van der Waals surface area (Å²) in [7, 11) is -3.71. The Hall–Kier alpha value is -3.32. The summed E-state index contributed by atoms with van der Waals surface area (Å²) in [5.41, 5.74) is 3.23. The van der Waals surface area contributed by atoms with Crippen LogP contribution >= 0.6 is 11.6 Å². The molecule has 1 aliphatic heterocycles. The molecule has 1 atom stereocenters. The van der Waals surface area contributed by atoms with E-state index in [1.807, 2.05) is 84.9 Å². The molecule has 172 valence electrons. The first-order valence-corrected chi connectivity index (χ1v) is 12.7. The van der Waals surface area contributed by atoms with Gasteiger partial charge in [-0.05, 0) is 41.5 Å². The lowest BCUT2D eigenvalue weighted by Crippen LogP contribution is -2.42. The molecule has 7 heteroatoms. The lowest BCUT2D eigenvalue weighted by Gasteiger charge is -2.37. The number of rotatable bonds is 6. The van der Waals surface area contributed by atoms with Gasteiger partial charge in [-0.15, -0.1) is 0 Å². The lowest BCUT2D eigenvalue weighted by molar-refractivity contribution is 0.305. The highest BCUT2D eigenvalue weighted by Crippen LogP contribution is 2.39. The van der Waals surface area contributed by atoms with Crippen LogP contribution in [0, 0.1) is 0 Å². The quantitative estimate of drug-likeness (QED) is 0.348. The van der Waals surface area contributed by atoms with Crippen LogP contribution in [0.3, 0.4) is 0 Å². The van der Waals surface area contributed by atoms with E-state index in [2.05, 4.69) is 5.32 Å². The van der Waals surface area contributed by atoms with Gasteiger partial charge in [0, 0.05) is 17.1 Å². The van der Waals surface area contributed by atoms with Gasteiger partial charge >= 0.3 is 0 Å². The summed E-state index contributed by atoms with van der Waals surface area (Å²) in [5.74, 6) is 0.678. The second-order valence-electron chi connectivity index (χ2n) is 8.03. The molecule has 0 saturated carbocycles.